The summed E-state index contributed by atoms with van der Waals surface area (Å²) in [6.45, 7) is 10.6. The molecular formula is C21H18ClN5O. The van der Waals surface area contributed by atoms with Crippen LogP contribution in [0.4, 0.5) is 11.4 Å². The molecule has 3 heterocycles. The molecule has 1 aliphatic heterocycles. The molecule has 3 aromatic rings. The fraction of sp³-hybridized carbons (Fsp3) is 0.238. The normalized spacial score (nSPS) is 13.1. The van der Waals surface area contributed by atoms with E-state index >= 15 is 0 Å². The van der Waals surface area contributed by atoms with Gasteiger partial charge in [0.2, 0.25) is 5.91 Å². The van der Waals surface area contributed by atoms with E-state index in [4.69, 9.17) is 23.2 Å². The lowest BCUT2D eigenvalue weighted by atomic mass is 9.99. The SMILES string of the molecule is [C-]#[N+]c1ccc2nc3c(c(NCc4ccnc(Cl)c4)c2c1)CN(C(C)=O)CC3. The Morgan fingerprint density at radius 1 is 1.36 bits per heavy atom. The lowest BCUT2D eigenvalue weighted by Crippen LogP contribution is -2.35. The molecular weight excluding hydrogens is 374 g/mol. The molecule has 1 aliphatic rings. The van der Waals surface area contributed by atoms with Crippen molar-refractivity contribution in [2.45, 2.75) is 26.4 Å². The zero-order chi connectivity index (χ0) is 19.7. The van der Waals surface area contributed by atoms with Gasteiger partial charge in [0, 0.05) is 61.5 Å². The number of benzene rings is 1. The number of nitrogens with one attached hydrogen (secondary N) is 1. The number of anilines is 1. The lowest BCUT2D eigenvalue weighted by Gasteiger charge is -2.30. The van der Waals surface area contributed by atoms with E-state index in [9.17, 15) is 4.79 Å². The quantitative estimate of drug-likeness (QED) is 0.532. The zero-order valence-electron chi connectivity index (χ0n) is 15.4. The van der Waals surface area contributed by atoms with Crippen molar-refractivity contribution in [3.8, 4) is 0 Å². The molecule has 0 aliphatic carbocycles. The molecule has 1 aromatic carbocycles. The first-order chi connectivity index (χ1) is 13.5. The number of hydrogen-bond acceptors (Lipinski definition) is 4. The van der Waals surface area contributed by atoms with Crippen LogP contribution in [0.1, 0.15) is 23.7 Å². The average Bonchev–Trinajstić information content (AvgIpc) is 2.70. The molecule has 7 heteroatoms. The maximum absolute atomic E-state index is 11.9. The Morgan fingerprint density at radius 3 is 2.96 bits per heavy atom. The molecule has 6 nitrogen and oxygen atoms in total. The van der Waals surface area contributed by atoms with E-state index in [1.54, 1.807) is 19.2 Å². The van der Waals surface area contributed by atoms with Gasteiger partial charge in [-0.25, -0.2) is 9.83 Å². The number of carbonyl (C=O) groups excluding carboxylic acids is 1. The van der Waals surface area contributed by atoms with E-state index in [1.165, 1.54) is 0 Å². The van der Waals surface area contributed by atoms with E-state index in [1.807, 2.05) is 29.2 Å². The highest BCUT2D eigenvalue weighted by atomic mass is 35.5. The first-order valence-corrected chi connectivity index (χ1v) is 9.35. The zero-order valence-corrected chi connectivity index (χ0v) is 16.1. The topological polar surface area (TPSA) is 62.5 Å². The number of halogens is 1. The standard InChI is InChI=1S/C21H18ClN5O/c1-13(28)27-8-6-19-17(12-27)21(25-11-14-5-7-24-20(22)9-14)16-10-15(23-2)3-4-18(16)26-19/h3-5,7,9-10H,6,8,11-12H2,1H3,(H,25,26). The number of carbonyl (C=O) groups is 1. The van der Waals surface area contributed by atoms with Gasteiger partial charge in [-0.05, 0) is 29.8 Å². The molecule has 0 saturated heterocycles. The van der Waals surface area contributed by atoms with E-state index in [2.05, 4.69) is 15.1 Å². The predicted molar refractivity (Wildman–Crippen MR) is 109 cm³/mol. The second-order valence-corrected chi connectivity index (χ2v) is 7.14. The molecule has 0 radical (unpaired) electrons. The van der Waals surface area contributed by atoms with E-state index in [0.29, 0.717) is 36.9 Å². The van der Waals surface area contributed by atoms with Gasteiger partial charge in [-0.2, -0.15) is 0 Å². The van der Waals surface area contributed by atoms with Crippen molar-refractivity contribution in [3.63, 3.8) is 0 Å². The van der Waals surface area contributed by atoms with Gasteiger partial charge < -0.3 is 10.2 Å². The summed E-state index contributed by atoms with van der Waals surface area (Å²) in [5, 5.41) is 4.83. The van der Waals surface area contributed by atoms with Crippen LogP contribution < -0.4 is 5.32 Å². The van der Waals surface area contributed by atoms with Crippen molar-refractivity contribution in [3.05, 3.63) is 69.9 Å². The van der Waals surface area contributed by atoms with Crippen molar-refractivity contribution in [1.29, 1.82) is 0 Å². The van der Waals surface area contributed by atoms with Crippen LogP contribution in [0.25, 0.3) is 15.7 Å². The predicted octanol–water partition coefficient (Wildman–Crippen LogP) is 4.35. The van der Waals surface area contributed by atoms with E-state index in [0.717, 1.165) is 33.4 Å². The van der Waals surface area contributed by atoms with Gasteiger partial charge >= 0.3 is 0 Å². The van der Waals surface area contributed by atoms with Crippen LogP contribution >= 0.6 is 11.6 Å². The summed E-state index contributed by atoms with van der Waals surface area (Å²) in [5.41, 5.74) is 5.33. The summed E-state index contributed by atoms with van der Waals surface area (Å²) < 4.78 is 0. The lowest BCUT2D eigenvalue weighted by molar-refractivity contribution is -0.129. The molecule has 4 rings (SSSR count). The molecule has 28 heavy (non-hydrogen) atoms. The van der Waals surface area contributed by atoms with Crippen molar-refractivity contribution < 1.29 is 4.79 Å². The minimum Gasteiger partial charge on any atom is -0.380 e. The molecule has 0 saturated carbocycles. The van der Waals surface area contributed by atoms with E-state index in [-0.39, 0.29) is 5.91 Å². The smallest absolute Gasteiger partial charge is 0.219 e. The summed E-state index contributed by atoms with van der Waals surface area (Å²) >= 11 is 6.00. The second-order valence-electron chi connectivity index (χ2n) is 6.76. The number of fused-ring (bicyclic) bond motifs is 2. The number of aromatic nitrogens is 2. The summed E-state index contributed by atoms with van der Waals surface area (Å²) in [5.74, 6) is 0.0486. The summed E-state index contributed by atoms with van der Waals surface area (Å²) in [6.07, 6.45) is 2.39. The van der Waals surface area contributed by atoms with Crippen molar-refractivity contribution in [1.82, 2.24) is 14.9 Å². The van der Waals surface area contributed by atoms with E-state index < -0.39 is 0 Å². The third kappa shape index (κ3) is 3.49. The Morgan fingerprint density at radius 2 is 2.21 bits per heavy atom. The third-order valence-electron chi connectivity index (χ3n) is 4.96. The van der Waals surface area contributed by atoms with Crippen LogP contribution in [-0.4, -0.2) is 27.3 Å². The first-order valence-electron chi connectivity index (χ1n) is 8.98. The van der Waals surface area contributed by atoms with Crippen LogP contribution in [0, 0.1) is 6.57 Å². The minimum atomic E-state index is 0.0486. The maximum Gasteiger partial charge on any atom is 0.219 e. The Labute approximate surface area is 168 Å². The summed E-state index contributed by atoms with van der Waals surface area (Å²) in [7, 11) is 0. The number of pyridine rings is 2. The molecule has 1 amide bonds. The molecule has 0 spiro atoms. The molecule has 0 unspecified atom stereocenters. The van der Waals surface area contributed by atoms with Crippen LogP contribution in [0.2, 0.25) is 5.15 Å². The Bertz CT molecular complexity index is 1120. The largest absolute Gasteiger partial charge is 0.380 e. The summed E-state index contributed by atoms with van der Waals surface area (Å²) in [6, 6.07) is 9.24. The second kappa shape index (κ2) is 7.45. The molecule has 2 aromatic heterocycles. The Balaban J connectivity index is 1.81. The maximum atomic E-state index is 11.9. The Kier molecular flexibility index (Phi) is 4.84. The third-order valence-corrected chi connectivity index (χ3v) is 5.16. The highest BCUT2D eigenvalue weighted by Gasteiger charge is 2.24. The van der Waals surface area contributed by atoms with Gasteiger partial charge in [0.15, 0.2) is 5.69 Å². The van der Waals surface area contributed by atoms with Crippen molar-refractivity contribution in [2.75, 3.05) is 11.9 Å². The van der Waals surface area contributed by atoms with Crippen LogP contribution in [0.5, 0.6) is 0 Å². The molecule has 0 atom stereocenters. The van der Waals surface area contributed by atoms with Gasteiger partial charge in [-0.1, -0.05) is 17.7 Å². The molecule has 0 bridgehead atoms. The van der Waals surface area contributed by atoms with Gasteiger partial charge in [-0.3, -0.25) is 9.78 Å². The minimum absolute atomic E-state index is 0.0486. The molecule has 1 N–H and O–H groups in total. The van der Waals surface area contributed by atoms with Crippen LogP contribution in [0.3, 0.4) is 0 Å². The highest BCUT2D eigenvalue weighted by Crippen LogP contribution is 2.34. The van der Waals surface area contributed by atoms with Crippen molar-refractivity contribution in [2.24, 2.45) is 0 Å². The fourth-order valence-corrected chi connectivity index (χ4v) is 3.71. The van der Waals surface area contributed by atoms with Gasteiger partial charge in [0.25, 0.3) is 0 Å². The number of amides is 1. The van der Waals surface area contributed by atoms with Gasteiger partial charge in [0.05, 0.1) is 12.1 Å². The van der Waals surface area contributed by atoms with Crippen molar-refractivity contribution >= 4 is 39.8 Å². The highest BCUT2D eigenvalue weighted by molar-refractivity contribution is 6.29. The van der Waals surface area contributed by atoms with Gasteiger partial charge in [0.1, 0.15) is 5.15 Å². The van der Waals surface area contributed by atoms with Crippen LogP contribution in [-0.2, 0) is 24.3 Å². The molecule has 0 fully saturated rings. The van der Waals surface area contributed by atoms with Crippen LogP contribution in [0.15, 0.2) is 36.5 Å². The average molecular weight is 392 g/mol. The Hall–Kier alpha value is -3.17. The molecule has 140 valence electrons. The summed E-state index contributed by atoms with van der Waals surface area (Å²) in [4.78, 5) is 26.1. The number of hydrogen-bond donors (Lipinski definition) is 1. The monoisotopic (exact) mass is 391 g/mol. The fourth-order valence-electron chi connectivity index (χ4n) is 3.51. The number of rotatable bonds is 3. The number of nitrogens with zero attached hydrogens (tertiary/aromatic N) is 4. The van der Waals surface area contributed by atoms with Gasteiger partial charge in [-0.15, -0.1) is 0 Å². The first kappa shape index (κ1) is 18.2.